The molecule has 0 bridgehead atoms. The minimum atomic E-state index is -4.01. The molecule has 164 valence electrons. The molecule has 30 heavy (non-hydrogen) atoms. The van der Waals surface area contributed by atoms with Gasteiger partial charge < -0.3 is 19.3 Å². The molecule has 2 aromatic carbocycles. The van der Waals surface area contributed by atoms with Gasteiger partial charge in [0.25, 0.3) is 10.1 Å². The third-order valence-electron chi connectivity index (χ3n) is 4.58. The standard InChI is InChI=1S/C21H25BrO7S/c1-16-2-8-20(9-3-16)30(24,25)29-19(12-27-15-21(23)10-11-26-14-21)13-28-18-6-4-17(22)5-7-18/h2-9,19,23H,10-15H2,1H3/t19-,21?/m1/s1. The van der Waals surface area contributed by atoms with Gasteiger partial charge in [-0.2, -0.15) is 8.42 Å². The van der Waals surface area contributed by atoms with Crippen molar-refractivity contribution in [3.05, 3.63) is 58.6 Å². The lowest BCUT2D eigenvalue weighted by atomic mass is 10.1. The molecule has 9 heteroatoms. The first-order valence-electron chi connectivity index (χ1n) is 9.52. The van der Waals surface area contributed by atoms with E-state index in [0.29, 0.717) is 18.8 Å². The highest BCUT2D eigenvalue weighted by Crippen LogP contribution is 2.21. The number of ether oxygens (including phenoxy) is 3. The topological polar surface area (TPSA) is 91.3 Å². The molecule has 0 saturated carbocycles. The zero-order valence-corrected chi connectivity index (χ0v) is 19.0. The molecule has 1 saturated heterocycles. The van der Waals surface area contributed by atoms with Crippen molar-refractivity contribution in [3.63, 3.8) is 0 Å². The summed E-state index contributed by atoms with van der Waals surface area (Å²) in [6.45, 7) is 2.45. The minimum Gasteiger partial charge on any atom is -0.491 e. The van der Waals surface area contributed by atoms with E-state index in [0.717, 1.165) is 10.0 Å². The number of aryl methyl sites for hydroxylation is 1. The molecule has 2 atom stereocenters. The predicted octanol–water partition coefficient (Wildman–Crippen LogP) is 3.08. The molecule has 1 fully saturated rings. The lowest BCUT2D eigenvalue weighted by molar-refractivity contribution is -0.0672. The van der Waals surface area contributed by atoms with Crippen LogP contribution in [0.5, 0.6) is 5.75 Å². The number of benzene rings is 2. The van der Waals surface area contributed by atoms with Crippen molar-refractivity contribution in [2.24, 2.45) is 0 Å². The Balaban J connectivity index is 1.65. The summed E-state index contributed by atoms with van der Waals surface area (Å²) in [4.78, 5) is 0.0598. The van der Waals surface area contributed by atoms with Gasteiger partial charge in [-0.3, -0.25) is 4.18 Å². The summed E-state index contributed by atoms with van der Waals surface area (Å²) in [5.41, 5.74) is -0.119. The number of hydrogen-bond donors (Lipinski definition) is 1. The highest BCUT2D eigenvalue weighted by Gasteiger charge is 2.33. The van der Waals surface area contributed by atoms with Gasteiger partial charge >= 0.3 is 0 Å². The van der Waals surface area contributed by atoms with Crippen LogP contribution < -0.4 is 4.74 Å². The fourth-order valence-electron chi connectivity index (χ4n) is 2.85. The Morgan fingerprint density at radius 1 is 1.13 bits per heavy atom. The van der Waals surface area contributed by atoms with Crippen molar-refractivity contribution in [1.29, 1.82) is 0 Å². The van der Waals surface area contributed by atoms with E-state index >= 15 is 0 Å². The maximum atomic E-state index is 12.7. The summed E-state index contributed by atoms with van der Waals surface area (Å²) < 4.78 is 48.1. The van der Waals surface area contributed by atoms with Gasteiger partial charge in [-0.1, -0.05) is 33.6 Å². The van der Waals surface area contributed by atoms with E-state index in [4.69, 9.17) is 18.4 Å². The van der Waals surface area contributed by atoms with Crippen LogP contribution in [-0.4, -0.2) is 58.3 Å². The summed E-state index contributed by atoms with van der Waals surface area (Å²) in [6, 6.07) is 13.6. The number of rotatable bonds is 10. The van der Waals surface area contributed by atoms with Crippen LogP contribution in [0.4, 0.5) is 0 Å². The summed E-state index contributed by atoms with van der Waals surface area (Å²) in [5, 5.41) is 10.3. The van der Waals surface area contributed by atoms with Crippen molar-refractivity contribution >= 4 is 26.0 Å². The first kappa shape index (κ1) is 23.2. The smallest absolute Gasteiger partial charge is 0.297 e. The molecule has 0 aromatic heterocycles. The first-order valence-corrected chi connectivity index (χ1v) is 11.7. The van der Waals surface area contributed by atoms with Crippen LogP contribution in [-0.2, 0) is 23.8 Å². The Bertz CT molecular complexity index is 907. The van der Waals surface area contributed by atoms with Gasteiger partial charge in [0.2, 0.25) is 0 Å². The Hall–Kier alpha value is -1.49. The molecular weight excluding hydrogens is 476 g/mol. The second-order valence-electron chi connectivity index (χ2n) is 7.29. The molecule has 1 N–H and O–H groups in total. The summed E-state index contributed by atoms with van der Waals surface area (Å²) in [6.07, 6.45) is -0.430. The molecule has 7 nitrogen and oxygen atoms in total. The van der Waals surface area contributed by atoms with Crippen LogP contribution in [0, 0.1) is 6.92 Å². The van der Waals surface area contributed by atoms with Gasteiger partial charge in [0.05, 0.1) is 24.7 Å². The highest BCUT2D eigenvalue weighted by atomic mass is 79.9. The normalized spacial score (nSPS) is 20.2. The largest absolute Gasteiger partial charge is 0.491 e. The van der Waals surface area contributed by atoms with Crippen LogP contribution in [0.25, 0.3) is 0 Å². The average molecular weight is 501 g/mol. The monoisotopic (exact) mass is 500 g/mol. The number of halogens is 1. The van der Waals surface area contributed by atoms with E-state index in [1.165, 1.54) is 12.1 Å². The Morgan fingerprint density at radius 2 is 1.83 bits per heavy atom. The fraction of sp³-hybridized carbons (Fsp3) is 0.429. The van der Waals surface area contributed by atoms with Crippen molar-refractivity contribution in [1.82, 2.24) is 0 Å². The molecule has 1 aliphatic heterocycles. The quantitative estimate of drug-likeness (QED) is 0.501. The molecular formula is C21H25BrO7S. The van der Waals surface area contributed by atoms with Gasteiger partial charge in [0, 0.05) is 17.5 Å². The fourth-order valence-corrected chi connectivity index (χ4v) is 4.17. The molecule has 3 rings (SSSR count). The van der Waals surface area contributed by atoms with Crippen LogP contribution in [0.1, 0.15) is 12.0 Å². The summed E-state index contributed by atoms with van der Waals surface area (Å²) in [7, 11) is -4.01. The van der Waals surface area contributed by atoms with Crippen molar-refractivity contribution in [3.8, 4) is 5.75 Å². The third-order valence-corrected chi connectivity index (χ3v) is 6.48. The Morgan fingerprint density at radius 3 is 2.47 bits per heavy atom. The molecule has 1 unspecified atom stereocenters. The second kappa shape index (κ2) is 10.2. The molecule has 1 aliphatic rings. The van der Waals surface area contributed by atoms with E-state index in [2.05, 4.69) is 15.9 Å². The van der Waals surface area contributed by atoms with Crippen molar-refractivity contribution < 1.29 is 31.9 Å². The van der Waals surface area contributed by atoms with Crippen molar-refractivity contribution in [2.45, 2.75) is 29.9 Å². The van der Waals surface area contributed by atoms with Gasteiger partial charge in [-0.25, -0.2) is 0 Å². The second-order valence-corrected chi connectivity index (χ2v) is 9.78. The van der Waals surface area contributed by atoms with Gasteiger partial charge in [0.15, 0.2) is 0 Å². The summed E-state index contributed by atoms with van der Waals surface area (Å²) >= 11 is 3.35. The molecule has 0 aliphatic carbocycles. The average Bonchev–Trinajstić information content (AvgIpc) is 3.14. The minimum absolute atomic E-state index is 0.0235. The van der Waals surface area contributed by atoms with Gasteiger partial charge in [-0.05, 0) is 43.3 Å². The van der Waals surface area contributed by atoms with Crippen molar-refractivity contribution in [2.75, 3.05) is 33.0 Å². The van der Waals surface area contributed by atoms with E-state index in [-0.39, 0.29) is 31.3 Å². The van der Waals surface area contributed by atoms with E-state index in [1.54, 1.807) is 24.3 Å². The van der Waals surface area contributed by atoms with Gasteiger partial charge in [0.1, 0.15) is 24.1 Å². The molecule has 2 aromatic rings. The maximum absolute atomic E-state index is 12.7. The maximum Gasteiger partial charge on any atom is 0.297 e. The third kappa shape index (κ3) is 6.76. The zero-order valence-electron chi connectivity index (χ0n) is 16.6. The Kier molecular flexibility index (Phi) is 7.89. The SMILES string of the molecule is Cc1ccc(S(=O)(=O)O[C@H](COCC2(O)CCOC2)COc2ccc(Br)cc2)cc1. The summed E-state index contributed by atoms with van der Waals surface area (Å²) in [5.74, 6) is 0.572. The Labute approximate surface area is 185 Å². The first-order chi connectivity index (χ1) is 14.3. The van der Waals surface area contributed by atoms with E-state index in [9.17, 15) is 13.5 Å². The van der Waals surface area contributed by atoms with Crippen LogP contribution in [0.15, 0.2) is 57.9 Å². The number of hydrogen-bond acceptors (Lipinski definition) is 7. The van der Waals surface area contributed by atoms with E-state index < -0.39 is 21.8 Å². The lowest BCUT2D eigenvalue weighted by Crippen LogP contribution is -2.37. The lowest BCUT2D eigenvalue weighted by Gasteiger charge is -2.23. The molecule has 0 amide bonds. The predicted molar refractivity (Wildman–Crippen MR) is 114 cm³/mol. The van der Waals surface area contributed by atoms with Crippen LogP contribution >= 0.6 is 15.9 Å². The van der Waals surface area contributed by atoms with Gasteiger partial charge in [-0.15, -0.1) is 0 Å². The van der Waals surface area contributed by atoms with Crippen LogP contribution in [0.3, 0.4) is 0 Å². The zero-order chi connectivity index (χ0) is 21.6. The highest BCUT2D eigenvalue weighted by molar-refractivity contribution is 9.10. The van der Waals surface area contributed by atoms with Crippen LogP contribution in [0.2, 0.25) is 0 Å². The molecule has 1 heterocycles. The molecule has 0 spiro atoms. The van der Waals surface area contributed by atoms with E-state index in [1.807, 2.05) is 19.1 Å². The number of aliphatic hydroxyl groups is 1. The molecule has 0 radical (unpaired) electrons.